The van der Waals surface area contributed by atoms with E-state index >= 15 is 0 Å². The predicted octanol–water partition coefficient (Wildman–Crippen LogP) is 0.768. The van der Waals surface area contributed by atoms with Gasteiger partial charge in [0.25, 0.3) is 0 Å². The van der Waals surface area contributed by atoms with Crippen molar-refractivity contribution >= 4 is 5.82 Å². The first kappa shape index (κ1) is 8.44. The van der Waals surface area contributed by atoms with Crippen LogP contribution in [0.25, 0.3) is 0 Å². The molecule has 1 aliphatic carbocycles. The molecule has 0 bridgehead atoms. The molecular weight excluding hydrogens is 164 g/mol. The molecule has 0 radical (unpaired) electrons. The summed E-state index contributed by atoms with van der Waals surface area (Å²) in [5.74, 6) is 0.824. The lowest BCUT2D eigenvalue weighted by atomic mass is 10.2. The molecule has 2 unspecified atom stereocenters. The number of anilines is 1. The Morgan fingerprint density at radius 2 is 2.31 bits per heavy atom. The van der Waals surface area contributed by atoms with E-state index in [0.29, 0.717) is 6.04 Å². The fourth-order valence-electron chi connectivity index (χ4n) is 1.73. The van der Waals surface area contributed by atoms with Gasteiger partial charge >= 0.3 is 0 Å². The molecule has 1 aliphatic rings. The lowest BCUT2D eigenvalue weighted by Crippen LogP contribution is -2.35. The van der Waals surface area contributed by atoms with Crippen LogP contribution in [0, 0.1) is 0 Å². The van der Waals surface area contributed by atoms with Crippen LogP contribution in [0.4, 0.5) is 5.82 Å². The van der Waals surface area contributed by atoms with Crippen LogP contribution in [-0.2, 0) is 0 Å². The highest BCUT2D eigenvalue weighted by Gasteiger charge is 2.23. The van der Waals surface area contributed by atoms with Gasteiger partial charge in [-0.3, -0.25) is 4.98 Å². The van der Waals surface area contributed by atoms with E-state index in [1.165, 1.54) is 6.42 Å². The molecule has 0 saturated heterocycles. The molecule has 0 spiro atoms. The number of nitrogens with zero attached hydrogens (tertiary/aromatic N) is 2. The van der Waals surface area contributed by atoms with Gasteiger partial charge < -0.3 is 11.1 Å². The minimum Gasteiger partial charge on any atom is -0.365 e. The summed E-state index contributed by atoms with van der Waals surface area (Å²) < 4.78 is 0. The highest BCUT2D eigenvalue weighted by atomic mass is 15.1. The summed E-state index contributed by atoms with van der Waals surface area (Å²) in [6.07, 6.45) is 8.53. The molecule has 3 N–H and O–H groups in total. The zero-order valence-electron chi connectivity index (χ0n) is 7.48. The lowest BCUT2D eigenvalue weighted by molar-refractivity contribution is 0.635. The van der Waals surface area contributed by atoms with Crippen LogP contribution in [-0.4, -0.2) is 22.1 Å². The van der Waals surface area contributed by atoms with Crippen molar-refractivity contribution in [2.45, 2.75) is 31.3 Å². The summed E-state index contributed by atoms with van der Waals surface area (Å²) in [6.45, 7) is 0. The minimum absolute atomic E-state index is 0.266. The third-order valence-corrected chi connectivity index (χ3v) is 2.47. The van der Waals surface area contributed by atoms with Crippen molar-refractivity contribution in [3.8, 4) is 0 Å². The quantitative estimate of drug-likeness (QED) is 0.702. The molecular formula is C9H14N4. The van der Waals surface area contributed by atoms with Crippen LogP contribution in [0.2, 0.25) is 0 Å². The molecule has 4 nitrogen and oxygen atoms in total. The first-order valence-corrected chi connectivity index (χ1v) is 4.64. The van der Waals surface area contributed by atoms with Gasteiger partial charge in [0.2, 0.25) is 0 Å². The van der Waals surface area contributed by atoms with E-state index in [0.717, 1.165) is 18.7 Å². The smallest absolute Gasteiger partial charge is 0.144 e. The van der Waals surface area contributed by atoms with Crippen molar-refractivity contribution in [3.05, 3.63) is 18.6 Å². The maximum atomic E-state index is 5.92. The maximum absolute atomic E-state index is 5.92. The van der Waals surface area contributed by atoms with Crippen molar-refractivity contribution < 1.29 is 0 Å². The molecule has 4 heteroatoms. The fourth-order valence-corrected chi connectivity index (χ4v) is 1.73. The van der Waals surface area contributed by atoms with Crippen LogP contribution in [0.3, 0.4) is 0 Å². The Bertz CT molecular complexity index is 262. The number of nitrogens with one attached hydrogen (secondary N) is 1. The molecule has 2 rings (SSSR count). The molecule has 0 amide bonds. The summed E-state index contributed by atoms with van der Waals surface area (Å²) in [5.41, 5.74) is 5.92. The van der Waals surface area contributed by atoms with Crippen LogP contribution >= 0.6 is 0 Å². The highest BCUT2D eigenvalue weighted by molar-refractivity contribution is 5.32. The Labute approximate surface area is 77.6 Å². The van der Waals surface area contributed by atoms with Gasteiger partial charge in [0.1, 0.15) is 5.82 Å². The topological polar surface area (TPSA) is 63.8 Å². The van der Waals surface area contributed by atoms with E-state index < -0.39 is 0 Å². The van der Waals surface area contributed by atoms with Crippen LogP contribution < -0.4 is 11.1 Å². The summed E-state index contributed by atoms with van der Waals surface area (Å²) in [4.78, 5) is 8.13. The summed E-state index contributed by atoms with van der Waals surface area (Å²) in [7, 11) is 0. The van der Waals surface area contributed by atoms with Crippen molar-refractivity contribution in [2.24, 2.45) is 5.73 Å². The van der Waals surface area contributed by atoms with Crippen molar-refractivity contribution in [1.82, 2.24) is 9.97 Å². The molecule has 1 heterocycles. The Morgan fingerprint density at radius 1 is 1.38 bits per heavy atom. The van der Waals surface area contributed by atoms with Crippen molar-refractivity contribution in [1.29, 1.82) is 0 Å². The van der Waals surface area contributed by atoms with E-state index in [1.807, 2.05) is 0 Å². The van der Waals surface area contributed by atoms with E-state index in [4.69, 9.17) is 5.73 Å². The molecule has 2 atom stereocenters. The van der Waals surface area contributed by atoms with Crippen LogP contribution in [0.1, 0.15) is 19.3 Å². The third-order valence-electron chi connectivity index (χ3n) is 2.47. The predicted molar refractivity (Wildman–Crippen MR) is 51.3 cm³/mol. The zero-order valence-corrected chi connectivity index (χ0v) is 7.48. The van der Waals surface area contributed by atoms with Gasteiger partial charge in [0.15, 0.2) is 0 Å². The molecule has 1 fully saturated rings. The van der Waals surface area contributed by atoms with Gasteiger partial charge in [0, 0.05) is 24.5 Å². The number of rotatable bonds is 2. The fraction of sp³-hybridized carbons (Fsp3) is 0.556. The Balaban J connectivity index is 1.98. The minimum atomic E-state index is 0.266. The number of aromatic nitrogens is 2. The Hall–Kier alpha value is -1.16. The van der Waals surface area contributed by atoms with Gasteiger partial charge in [-0.05, 0) is 19.3 Å². The third kappa shape index (κ3) is 1.95. The number of nitrogens with two attached hydrogens (primary N) is 1. The van der Waals surface area contributed by atoms with Crippen molar-refractivity contribution in [3.63, 3.8) is 0 Å². The largest absolute Gasteiger partial charge is 0.365 e. The second-order valence-corrected chi connectivity index (χ2v) is 3.44. The van der Waals surface area contributed by atoms with E-state index in [-0.39, 0.29) is 6.04 Å². The van der Waals surface area contributed by atoms with Gasteiger partial charge in [0.05, 0.1) is 6.20 Å². The summed E-state index contributed by atoms with van der Waals surface area (Å²) in [5, 5.41) is 3.29. The van der Waals surface area contributed by atoms with Crippen LogP contribution in [0.15, 0.2) is 18.6 Å². The van der Waals surface area contributed by atoms with Gasteiger partial charge in [-0.25, -0.2) is 4.98 Å². The van der Waals surface area contributed by atoms with E-state index in [9.17, 15) is 0 Å². The van der Waals surface area contributed by atoms with E-state index in [2.05, 4.69) is 15.3 Å². The number of hydrogen-bond donors (Lipinski definition) is 2. The standard InChI is InChI=1S/C9H14N4/c10-7-2-1-3-8(7)13-9-6-11-4-5-12-9/h4-8H,1-3,10H2,(H,12,13). The lowest BCUT2D eigenvalue weighted by Gasteiger charge is -2.17. The Morgan fingerprint density at radius 3 is 2.92 bits per heavy atom. The molecule has 1 aromatic heterocycles. The average molecular weight is 178 g/mol. The Kier molecular flexibility index (Phi) is 2.40. The van der Waals surface area contributed by atoms with Gasteiger partial charge in [-0.1, -0.05) is 0 Å². The second-order valence-electron chi connectivity index (χ2n) is 3.44. The SMILES string of the molecule is NC1CCCC1Nc1cnccn1. The summed E-state index contributed by atoms with van der Waals surface area (Å²) >= 11 is 0. The molecule has 70 valence electrons. The van der Waals surface area contributed by atoms with E-state index in [1.54, 1.807) is 18.6 Å². The first-order chi connectivity index (χ1) is 6.36. The average Bonchev–Trinajstić information content (AvgIpc) is 2.54. The molecule has 1 saturated carbocycles. The molecule has 1 aromatic rings. The maximum Gasteiger partial charge on any atom is 0.144 e. The van der Waals surface area contributed by atoms with Crippen molar-refractivity contribution in [2.75, 3.05) is 5.32 Å². The normalized spacial score (nSPS) is 27.5. The van der Waals surface area contributed by atoms with Crippen LogP contribution in [0.5, 0.6) is 0 Å². The number of hydrogen-bond acceptors (Lipinski definition) is 4. The monoisotopic (exact) mass is 178 g/mol. The highest BCUT2D eigenvalue weighted by Crippen LogP contribution is 2.19. The molecule has 0 aromatic carbocycles. The zero-order chi connectivity index (χ0) is 9.10. The summed E-state index contributed by atoms with van der Waals surface area (Å²) in [6, 6.07) is 0.638. The molecule has 0 aliphatic heterocycles. The van der Waals surface area contributed by atoms with Gasteiger partial charge in [-0.2, -0.15) is 0 Å². The molecule has 13 heavy (non-hydrogen) atoms. The second kappa shape index (κ2) is 3.70. The van der Waals surface area contributed by atoms with Gasteiger partial charge in [-0.15, -0.1) is 0 Å². The first-order valence-electron chi connectivity index (χ1n) is 4.64.